The van der Waals surface area contributed by atoms with E-state index in [0.29, 0.717) is 24.3 Å². The van der Waals surface area contributed by atoms with Gasteiger partial charge in [-0.15, -0.1) is 11.3 Å². The predicted molar refractivity (Wildman–Crippen MR) is 86.3 cm³/mol. The zero-order valence-corrected chi connectivity index (χ0v) is 13.5. The van der Waals surface area contributed by atoms with E-state index < -0.39 is 0 Å². The number of benzene rings is 1. The second-order valence-electron chi connectivity index (χ2n) is 4.94. The average molecular weight is 320 g/mol. The molecule has 0 aliphatic rings. The highest BCUT2D eigenvalue weighted by Gasteiger charge is 2.12. The standard InChI is InChI=1S/C16H20N2O3S/c1-3-13(8-19)18-16(20)12-5-4-6-15(7-12)21-9-14-10-22-11(2)17-14/h4-7,10,13,19H,3,8-9H2,1-2H3,(H,18,20). The number of aliphatic hydroxyl groups is 1. The molecule has 1 aromatic heterocycles. The molecule has 0 saturated carbocycles. The van der Waals surface area contributed by atoms with Crippen molar-refractivity contribution in [3.8, 4) is 5.75 Å². The van der Waals surface area contributed by atoms with Crippen molar-refractivity contribution in [3.63, 3.8) is 0 Å². The maximum atomic E-state index is 12.1. The van der Waals surface area contributed by atoms with Crippen LogP contribution in [-0.4, -0.2) is 28.6 Å². The number of thiazole rings is 1. The number of rotatable bonds is 7. The van der Waals surface area contributed by atoms with E-state index in [1.54, 1.807) is 35.6 Å². The Labute approximate surface area is 134 Å². The van der Waals surface area contributed by atoms with Crippen molar-refractivity contribution in [1.82, 2.24) is 10.3 Å². The quantitative estimate of drug-likeness (QED) is 0.822. The first kappa shape index (κ1) is 16.5. The molecule has 0 spiro atoms. The summed E-state index contributed by atoms with van der Waals surface area (Å²) in [6, 6.07) is 6.77. The Morgan fingerprint density at radius 2 is 2.32 bits per heavy atom. The topological polar surface area (TPSA) is 71.5 Å². The van der Waals surface area contributed by atoms with Crippen molar-refractivity contribution >= 4 is 17.2 Å². The second kappa shape index (κ2) is 7.91. The number of hydrogen-bond donors (Lipinski definition) is 2. The average Bonchev–Trinajstić information content (AvgIpc) is 2.96. The van der Waals surface area contributed by atoms with Crippen molar-refractivity contribution in [2.75, 3.05) is 6.61 Å². The lowest BCUT2D eigenvalue weighted by Crippen LogP contribution is -2.36. The number of carbonyl (C=O) groups is 1. The summed E-state index contributed by atoms with van der Waals surface area (Å²) in [4.78, 5) is 16.4. The van der Waals surface area contributed by atoms with E-state index in [1.807, 2.05) is 19.2 Å². The third-order valence-electron chi connectivity index (χ3n) is 3.20. The van der Waals surface area contributed by atoms with Crippen molar-refractivity contribution in [2.45, 2.75) is 32.9 Å². The number of aliphatic hydroxyl groups excluding tert-OH is 1. The fourth-order valence-corrected chi connectivity index (χ4v) is 2.50. The summed E-state index contributed by atoms with van der Waals surface area (Å²) in [6.45, 7) is 4.17. The molecule has 2 N–H and O–H groups in total. The van der Waals surface area contributed by atoms with Crippen LogP contribution in [0, 0.1) is 6.92 Å². The summed E-state index contributed by atoms with van der Waals surface area (Å²) in [5.74, 6) is 0.409. The molecule has 5 nitrogen and oxygen atoms in total. The van der Waals surface area contributed by atoms with E-state index in [4.69, 9.17) is 9.84 Å². The lowest BCUT2D eigenvalue weighted by Gasteiger charge is -2.14. The first-order chi connectivity index (χ1) is 10.6. The van der Waals surface area contributed by atoms with Gasteiger partial charge in [0.15, 0.2) is 0 Å². The highest BCUT2D eigenvalue weighted by atomic mass is 32.1. The number of ether oxygens (including phenoxy) is 1. The number of amides is 1. The summed E-state index contributed by atoms with van der Waals surface area (Å²) in [6.07, 6.45) is 0.682. The molecule has 0 aliphatic carbocycles. The summed E-state index contributed by atoms with van der Waals surface area (Å²) in [5.41, 5.74) is 1.39. The van der Waals surface area contributed by atoms with Crippen LogP contribution >= 0.6 is 11.3 Å². The number of nitrogens with zero attached hydrogens (tertiary/aromatic N) is 1. The van der Waals surface area contributed by atoms with Gasteiger partial charge in [-0.25, -0.2) is 4.98 Å². The molecule has 6 heteroatoms. The van der Waals surface area contributed by atoms with E-state index >= 15 is 0 Å². The van der Waals surface area contributed by atoms with Gasteiger partial charge in [-0.3, -0.25) is 4.79 Å². The Kier molecular flexibility index (Phi) is 5.91. The van der Waals surface area contributed by atoms with E-state index in [2.05, 4.69) is 10.3 Å². The van der Waals surface area contributed by atoms with Crippen LogP contribution in [0.1, 0.15) is 34.4 Å². The Bertz CT molecular complexity index is 623. The van der Waals surface area contributed by atoms with Crippen molar-refractivity contribution < 1.29 is 14.6 Å². The zero-order chi connectivity index (χ0) is 15.9. The molecule has 118 valence electrons. The van der Waals surface area contributed by atoms with Crippen LogP contribution in [0.15, 0.2) is 29.6 Å². The van der Waals surface area contributed by atoms with Crippen LogP contribution in [0.25, 0.3) is 0 Å². The van der Waals surface area contributed by atoms with Gasteiger partial charge in [0.1, 0.15) is 12.4 Å². The van der Waals surface area contributed by atoms with Gasteiger partial charge in [0, 0.05) is 10.9 Å². The van der Waals surface area contributed by atoms with Crippen LogP contribution in [0.4, 0.5) is 0 Å². The zero-order valence-electron chi connectivity index (χ0n) is 12.7. The Hall–Kier alpha value is -1.92. The molecule has 1 amide bonds. The van der Waals surface area contributed by atoms with Crippen LogP contribution in [0.5, 0.6) is 5.75 Å². The van der Waals surface area contributed by atoms with Crippen molar-refractivity contribution in [1.29, 1.82) is 0 Å². The van der Waals surface area contributed by atoms with Gasteiger partial charge in [0.2, 0.25) is 0 Å². The summed E-state index contributed by atoms with van der Waals surface area (Å²) in [5, 5.41) is 14.9. The van der Waals surface area contributed by atoms with Crippen LogP contribution < -0.4 is 10.1 Å². The highest BCUT2D eigenvalue weighted by molar-refractivity contribution is 7.09. The van der Waals surface area contributed by atoms with Crippen LogP contribution in [-0.2, 0) is 6.61 Å². The van der Waals surface area contributed by atoms with Gasteiger partial charge in [0.05, 0.1) is 23.4 Å². The summed E-state index contributed by atoms with van der Waals surface area (Å²) < 4.78 is 5.67. The lowest BCUT2D eigenvalue weighted by atomic mass is 10.1. The third kappa shape index (κ3) is 4.54. The largest absolute Gasteiger partial charge is 0.487 e. The smallest absolute Gasteiger partial charge is 0.251 e. The van der Waals surface area contributed by atoms with E-state index in [-0.39, 0.29) is 18.6 Å². The maximum absolute atomic E-state index is 12.1. The molecule has 1 unspecified atom stereocenters. The molecule has 0 fully saturated rings. The number of carbonyl (C=O) groups excluding carboxylic acids is 1. The molecular formula is C16H20N2O3S. The minimum Gasteiger partial charge on any atom is -0.487 e. The molecule has 22 heavy (non-hydrogen) atoms. The van der Waals surface area contributed by atoms with E-state index in [9.17, 15) is 4.79 Å². The van der Waals surface area contributed by atoms with Crippen molar-refractivity contribution in [3.05, 3.63) is 45.9 Å². The molecule has 0 saturated heterocycles. The number of nitrogens with one attached hydrogen (secondary N) is 1. The Morgan fingerprint density at radius 3 is 2.95 bits per heavy atom. The molecule has 0 radical (unpaired) electrons. The fourth-order valence-electron chi connectivity index (χ4n) is 1.90. The summed E-state index contributed by atoms with van der Waals surface area (Å²) >= 11 is 1.58. The van der Waals surface area contributed by atoms with Crippen molar-refractivity contribution in [2.24, 2.45) is 0 Å². The lowest BCUT2D eigenvalue weighted by molar-refractivity contribution is 0.0914. The normalized spacial score (nSPS) is 12.0. The second-order valence-corrected chi connectivity index (χ2v) is 6.00. The third-order valence-corrected chi connectivity index (χ3v) is 4.02. The Balaban J connectivity index is 1.98. The van der Waals surface area contributed by atoms with Gasteiger partial charge in [-0.1, -0.05) is 13.0 Å². The predicted octanol–water partition coefficient (Wildman–Crippen LogP) is 2.53. The molecule has 1 atom stereocenters. The molecule has 2 aromatic rings. The Morgan fingerprint density at radius 1 is 1.50 bits per heavy atom. The fraction of sp³-hybridized carbons (Fsp3) is 0.375. The first-order valence-corrected chi connectivity index (χ1v) is 8.06. The van der Waals surface area contributed by atoms with Gasteiger partial charge in [-0.05, 0) is 31.5 Å². The minimum absolute atomic E-state index is 0.0678. The van der Waals surface area contributed by atoms with E-state index in [0.717, 1.165) is 10.7 Å². The van der Waals surface area contributed by atoms with Crippen LogP contribution in [0.2, 0.25) is 0 Å². The molecule has 1 aromatic carbocycles. The van der Waals surface area contributed by atoms with Gasteiger partial charge >= 0.3 is 0 Å². The number of aromatic nitrogens is 1. The van der Waals surface area contributed by atoms with Gasteiger partial charge in [-0.2, -0.15) is 0 Å². The molecule has 2 rings (SSSR count). The van der Waals surface area contributed by atoms with E-state index in [1.165, 1.54) is 0 Å². The monoisotopic (exact) mass is 320 g/mol. The van der Waals surface area contributed by atoms with Gasteiger partial charge < -0.3 is 15.2 Å². The number of aryl methyl sites for hydroxylation is 1. The molecule has 0 bridgehead atoms. The van der Waals surface area contributed by atoms with Crippen LogP contribution in [0.3, 0.4) is 0 Å². The summed E-state index contributed by atoms with van der Waals surface area (Å²) in [7, 11) is 0. The SMILES string of the molecule is CCC(CO)NC(=O)c1cccc(OCc2csc(C)n2)c1. The first-order valence-electron chi connectivity index (χ1n) is 7.18. The molecule has 1 heterocycles. The number of hydrogen-bond acceptors (Lipinski definition) is 5. The minimum atomic E-state index is -0.227. The highest BCUT2D eigenvalue weighted by Crippen LogP contribution is 2.16. The molecular weight excluding hydrogens is 300 g/mol. The maximum Gasteiger partial charge on any atom is 0.251 e. The van der Waals surface area contributed by atoms with Gasteiger partial charge in [0.25, 0.3) is 5.91 Å². The molecule has 0 aliphatic heterocycles.